The van der Waals surface area contributed by atoms with E-state index < -0.39 is 61.8 Å². The summed E-state index contributed by atoms with van der Waals surface area (Å²) in [5.41, 5.74) is 0. The molecule has 8 N–H and O–H groups in total. The molecule has 2 aliphatic heterocycles. The SMILES string of the molecule is O=COC1O[C@@H](O)C(O)[C@@H](O)[C@@H]1O.O=COC1O[C@@H](O)C(O)[C@H](O)[C@@H]1O. The molecule has 2 aliphatic rings. The Morgan fingerprint density at radius 1 is 0.538 bits per heavy atom. The minimum Gasteiger partial charge on any atom is -0.435 e. The number of aliphatic hydroxyl groups is 8. The summed E-state index contributed by atoms with van der Waals surface area (Å²) in [6, 6.07) is 0. The van der Waals surface area contributed by atoms with Crippen molar-refractivity contribution in [3.63, 3.8) is 0 Å². The number of aliphatic hydroxyl groups excluding tert-OH is 8. The fourth-order valence-electron chi connectivity index (χ4n) is 1.99. The van der Waals surface area contributed by atoms with E-state index in [0.717, 1.165) is 0 Å². The smallest absolute Gasteiger partial charge is 0.295 e. The summed E-state index contributed by atoms with van der Waals surface area (Å²) in [6.45, 7) is 0.00998. The van der Waals surface area contributed by atoms with Gasteiger partial charge in [-0.3, -0.25) is 9.59 Å². The van der Waals surface area contributed by atoms with E-state index >= 15 is 0 Å². The molecule has 2 saturated heterocycles. The van der Waals surface area contributed by atoms with Crippen molar-refractivity contribution >= 4 is 12.9 Å². The average Bonchev–Trinajstić information content (AvgIpc) is 2.61. The lowest BCUT2D eigenvalue weighted by Gasteiger charge is -2.36. The zero-order valence-electron chi connectivity index (χ0n) is 13.0. The summed E-state index contributed by atoms with van der Waals surface area (Å²) in [5.74, 6) is 0. The van der Waals surface area contributed by atoms with E-state index in [9.17, 15) is 9.59 Å². The molecule has 0 amide bonds. The van der Waals surface area contributed by atoms with Crippen LogP contribution in [0.2, 0.25) is 0 Å². The Bertz CT molecular complexity index is 408. The highest BCUT2D eigenvalue weighted by Crippen LogP contribution is 2.20. The largest absolute Gasteiger partial charge is 0.435 e. The molecule has 0 saturated carbocycles. The van der Waals surface area contributed by atoms with Crippen LogP contribution in [0.4, 0.5) is 0 Å². The first kappa shape index (κ1) is 22.6. The molecule has 0 aromatic carbocycles. The maximum atomic E-state index is 9.87. The second-order valence-electron chi connectivity index (χ2n) is 5.20. The Kier molecular flexibility index (Phi) is 8.71. The second-order valence-corrected chi connectivity index (χ2v) is 5.20. The van der Waals surface area contributed by atoms with Gasteiger partial charge >= 0.3 is 0 Å². The summed E-state index contributed by atoms with van der Waals surface area (Å²) in [4.78, 5) is 19.7. The minimum absolute atomic E-state index is 0.00499. The predicted octanol–water partition coefficient (Wildman–Crippen LogP) is -6.17. The van der Waals surface area contributed by atoms with E-state index in [1.54, 1.807) is 0 Å². The molecule has 0 aromatic rings. The standard InChI is InChI=1S/2C6H10O7/c2*7-1-12-6-4(10)2(8)3(9)5(11)13-6/h2*1-6,8-11H/t2-,3?,4+,5-,6?;2-,3?,4-,5+,6?/m10/s1. The Labute approximate surface area is 145 Å². The molecular weight excluding hydrogens is 368 g/mol. The number of carbonyl (C=O) groups excluding carboxylic acids is 2. The molecule has 0 aliphatic carbocycles. The van der Waals surface area contributed by atoms with Crippen molar-refractivity contribution in [2.24, 2.45) is 0 Å². The predicted molar refractivity (Wildman–Crippen MR) is 72.1 cm³/mol. The molecule has 2 heterocycles. The van der Waals surface area contributed by atoms with Gasteiger partial charge in [0, 0.05) is 0 Å². The summed E-state index contributed by atoms with van der Waals surface area (Å²) < 4.78 is 17.3. The zero-order valence-corrected chi connectivity index (χ0v) is 13.0. The molecule has 152 valence electrons. The van der Waals surface area contributed by atoms with Gasteiger partial charge in [-0.05, 0) is 0 Å². The molecule has 0 radical (unpaired) electrons. The van der Waals surface area contributed by atoms with Crippen LogP contribution in [0.1, 0.15) is 0 Å². The van der Waals surface area contributed by atoms with Crippen molar-refractivity contribution in [1.82, 2.24) is 0 Å². The summed E-state index contributed by atoms with van der Waals surface area (Å²) >= 11 is 0. The third-order valence-electron chi connectivity index (χ3n) is 3.47. The van der Waals surface area contributed by atoms with Gasteiger partial charge in [0.1, 0.15) is 36.6 Å². The molecule has 0 spiro atoms. The third kappa shape index (κ3) is 5.27. The molecule has 0 bridgehead atoms. The summed E-state index contributed by atoms with van der Waals surface area (Å²) in [5, 5.41) is 72.2. The van der Waals surface area contributed by atoms with E-state index in [1.165, 1.54) is 0 Å². The molecule has 2 rings (SSSR count). The van der Waals surface area contributed by atoms with E-state index in [0.29, 0.717) is 0 Å². The first-order chi connectivity index (χ1) is 12.1. The number of rotatable bonds is 4. The maximum absolute atomic E-state index is 9.87. The molecule has 10 atom stereocenters. The van der Waals surface area contributed by atoms with Gasteiger partial charge in [-0.25, -0.2) is 0 Å². The molecule has 4 unspecified atom stereocenters. The van der Waals surface area contributed by atoms with Gasteiger partial charge in [0.15, 0.2) is 12.6 Å². The van der Waals surface area contributed by atoms with Gasteiger partial charge in [-0.1, -0.05) is 0 Å². The maximum Gasteiger partial charge on any atom is 0.295 e. The molecule has 0 aromatic heterocycles. The lowest BCUT2D eigenvalue weighted by atomic mass is 10.0. The lowest BCUT2D eigenvalue weighted by molar-refractivity contribution is -0.329. The van der Waals surface area contributed by atoms with Crippen LogP contribution in [0.15, 0.2) is 0 Å². The second kappa shape index (κ2) is 10.0. The molecule has 14 nitrogen and oxygen atoms in total. The summed E-state index contributed by atoms with van der Waals surface area (Å²) in [6.07, 6.45) is -16.0. The summed E-state index contributed by atoms with van der Waals surface area (Å²) in [7, 11) is 0. The van der Waals surface area contributed by atoms with Gasteiger partial charge in [-0.15, -0.1) is 0 Å². The van der Waals surface area contributed by atoms with Crippen molar-refractivity contribution in [3.8, 4) is 0 Å². The van der Waals surface area contributed by atoms with Crippen LogP contribution in [-0.4, -0.2) is 116 Å². The highest BCUT2D eigenvalue weighted by atomic mass is 16.8. The number of ether oxygens (including phenoxy) is 4. The Morgan fingerprint density at radius 2 is 0.846 bits per heavy atom. The van der Waals surface area contributed by atoms with E-state index in [-0.39, 0.29) is 12.9 Å². The van der Waals surface area contributed by atoms with Crippen LogP contribution in [0.25, 0.3) is 0 Å². The van der Waals surface area contributed by atoms with Gasteiger partial charge in [-0.2, -0.15) is 0 Å². The third-order valence-corrected chi connectivity index (χ3v) is 3.47. The number of carbonyl (C=O) groups is 2. The quantitative estimate of drug-likeness (QED) is 0.209. The van der Waals surface area contributed by atoms with Crippen LogP contribution < -0.4 is 0 Å². The first-order valence-corrected chi connectivity index (χ1v) is 7.09. The lowest BCUT2D eigenvalue weighted by Crippen LogP contribution is -2.58. The van der Waals surface area contributed by atoms with Gasteiger partial charge in [0.2, 0.25) is 12.6 Å². The highest BCUT2D eigenvalue weighted by molar-refractivity contribution is 5.37. The van der Waals surface area contributed by atoms with Crippen molar-refractivity contribution in [3.05, 3.63) is 0 Å². The van der Waals surface area contributed by atoms with Gasteiger partial charge < -0.3 is 59.8 Å². The Balaban J connectivity index is 0.000000260. The number of hydrogen-bond donors (Lipinski definition) is 8. The van der Waals surface area contributed by atoms with E-state index in [4.69, 9.17) is 40.9 Å². The Hall–Kier alpha value is -1.46. The fourth-order valence-corrected chi connectivity index (χ4v) is 1.99. The van der Waals surface area contributed by atoms with Crippen molar-refractivity contribution in [2.45, 2.75) is 61.8 Å². The van der Waals surface area contributed by atoms with Crippen LogP contribution in [-0.2, 0) is 28.5 Å². The van der Waals surface area contributed by atoms with Gasteiger partial charge in [0.05, 0.1) is 0 Å². The number of hydrogen-bond acceptors (Lipinski definition) is 14. The van der Waals surface area contributed by atoms with Crippen molar-refractivity contribution in [2.75, 3.05) is 0 Å². The molecule has 14 heteroatoms. The monoisotopic (exact) mass is 388 g/mol. The average molecular weight is 388 g/mol. The zero-order chi connectivity index (χ0) is 20.0. The Morgan fingerprint density at radius 3 is 1.12 bits per heavy atom. The molecule has 2 fully saturated rings. The van der Waals surface area contributed by atoms with E-state index in [2.05, 4.69) is 18.9 Å². The van der Waals surface area contributed by atoms with Crippen LogP contribution >= 0.6 is 0 Å². The fraction of sp³-hybridized carbons (Fsp3) is 0.833. The molecule has 26 heavy (non-hydrogen) atoms. The topological polar surface area (TPSA) is 233 Å². The van der Waals surface area contributed by atoms with Gasteiger partial charge in [0.25, 0.3) is 12.9 Å². The van der Waals surface area contributed by atoms with Crippen molar-refractivity contribution < 1.29 is 69.4 Å². The highest BCUT2D eigenvalue weighted by Gasteiger charge is 2.45. The minimum atomic E-state index is -1.69. The van der Waals surface area contributed by atoms with Crippen LogP contribution in [0, 0.1) is 0 Å². The molecular formula is C12H20O14. The normalized spacial score (nSPS) is 45.7. The van der Waals surface area contributed by atoms with Crippen molar-refractivity contribution in [1.29, 1.82) is 0 Å². The van der Waals surface area contributed by atoms with E-state index in [1.807, 2.05) is 0 Å². The van der Waals surface area contributed by atoms with Crippen LogP contribution in [0.3, 0.4) is 0 Å². The van der Waals surface area contributed by atoms with Crippen LogP contribution in [0.5, 0.6) is 0 Å². The first-order valence-electron chi connectivity index (χ1n) is 7.09.